The predicted octanol–water partition coefficient (Wildman–Crippen LogP) is 3.26. The minimum atomic E-state index is -0.478. The molecule has 0 bridgehead atoms. The van der Waals surface area contributed by atoms with Crippen LogP contribution in [0.5, 0.6) is 0 Å². The summed E-state index contributed by atoms with van der Waals surface area (Å²) in [5.74, 6) is -0.900. The average Bonchev–Trinajstić information content (AvgIpc) is 2.36. The molecule has 2 rings (SSSR count). The summed E-state index contributed by atoms with van der Waals surface area (Å²) in [7, 11) is 0. The summed E-state index contributed by atoms with van der Waals surface area (Å²) in [6.45, 7) is 0. The first kappa shape index (κ1) is 12.9. The van der Waals surface area contributed by atoms with Gasteiger partial charge in [0.25, 0.3) is 0 Å². The molecule has 18 heavy (non-hydrogen) atoms. The fourth-order valence-corrected chi connectivity index (χ4v) is 1.86. The maximum atomic E-state index is 13.2. The zero-order valence-corrected chi connectivity index (χ0v) is 10.2. The minimum Gasteiger partial charge on any atom is -0.322 e. The first-order chi connectivity index (χ1) is 8.58. The van der Waals surface area contributed by atoms with Gasteiger partial charge in [0.2, 0.25) is 0 Å². The van der Waals surface area contributed by atoms with Crippen molar-refractivity contribution in [1.29, 1.82) is 0 Å². The molecule has 0 aliphatic heterocycles. The van der Waals surface area contributed by atoms with Crippen molar-refractivity contribution in [1.82, 2.24) is 4.98 Å². The van der Waals surface area contributed by atoms with Gasteiger partial charge in [0.15, 0.2) is 0 Å². The van der Waals surface area contributed by atoms with Gasteiger partial charge in [0.1, 0.15) is 11.6 Å². The molecule has 2 aromatic rings. The Morgan fingerprint density at radius 3 is 2.67 bits per heavy atom. The second-order valence-electron chi connectivity index (χ2n) is 3.92. The molecule has 0 fully saturated rings. The fourth-order valence-electron chi connectivity index (χ4n) is 1.65. The number of halogens is 3. The van der Waals surface area contributed by atoms with Crippen LogP contribution in [0.3, 0.4) is 0 Å². The Kier molecular flexibility index (Phi) is 3.89. The van der Waals surface area contributed by atoms with Crippen LogP contribution in [0.1, 0.15) is 17.3 Å². The lowest BCUT2D eigenvalue weighted by atomic mass is 10.0. The molecule has 1 atom stereocenters. The van der Waals surface area contributed by atoms with Gasteiger partial charge in [0.05, 0.1) is 23.0 Å². The van der Waals surface area contributed by atoms with Gasteiger partial charge >= 0.3 is 0 Å². The lowest BCUT2D eigenvalue weighted by molar-refractivity contribution is 0.609. The number of pyridine rings is 1. The maximum Gasteiger partial charge on any atom is 0.142 e. The number of hydrogen-bond donors (Lipinski definition) is 1. The van der Waals surface area contributed by atoms with E-state index < -0.39 is 17.7 Å². The number of nitrogens with zero attached hydrogens (tertiary/aromatic N) is 1. The van der Waals surface area contributed by atoms with E-state index in [-0.39, 0.29) is 5.02 Å². The highest BCUT2D eigenvalue weighted by Crippen LogP contribution is 2.23. The normalized spacial score (nSPS) is 12.4. The first-order valence-corrected chi connectivity index (χ1v) is 5.75. The van der Waals surface area contributed by atoms with E-state index in [9.17, 15) is 8.78 Å². The summed E-state index contributed by atoms with van der Waals surface area (Å²) < 4.78 is 26.0. The van der Waals surface area contributed by atoms with Crippen LogP contribution in [0.15, 0.2) is 36.5 Å². The standard InChI is InChI=1S/C13H11ClF2N2/c14-13-8(2-1-3-10(13)16)6-11(17)12-5-4-9(15)7-18-12/h1-5,7,11H,6,17H2. The Bertz CT molecular complexity index is 543. The number of rotatable bonds is 3. The van der Waals surface area contributed by atoms with E-state index >= 15 is 0 Å². The van der Waals surface area contributed by atoms with Crippen LogP contribution in [0.4, 0.5) is 8.78 Å². The molecule has 0 spiro atoms. The van der Waals surface area contributed by atoms with E-state index in [4.69, 9.17) is 17.3 Å². The van der Waals surface area contributed by atoms with E-state index in [1.54, 1.807) is 12.1 Å². The van der Waals surface area contributed by atoms with Crippen LogP contribution in [-0.2, 0) is 6.42 Å². The molecule has 0 amide bonds. The molecule has 1 unspecified atom stereocenters. The van der Waals surface area contributed by atoms with E-state index in [1.165, 1.54) is 18.2 Å². The van der Waals surface area contributed by atoms with Gasteiger partial charge in [-0.1, -0.05) is 23.7 Å². The zero-order valence-electron chi connectivity index (χ0n) is 9.41. The molecule has 0 aliphatic carbocycles. The fraction of sp³-hybridized carbons (Fsp3) is 0.154. The van der Waals surface area contributed by atoms with Crippen LogP contribution in [0.2, 0.25) is 5.02 Å². The lowest BCUT2D eigenvalue weighted by Gasteiger charge is -2.12. The summed E-state index contributed by atoms with van der Waals surface area (Å²) in [5.41, 5.74) is 7.08. The highest BCUT2D eigenvalue weighted by Gasteiger charge is 2.12. The molecule has 2 nitrogen and oxygen atoms in total. The van der Waals surface area contributed by atoms with Gasteiger partial charge in [-0.15, -0.1) is 0 Å². The van der Waals surface area contributed by atoms with E-state index in [2.05, 4.69) is 4.98 Å². The van der Waals surface area contributed by atoms with E-state index in [1.807, 2.05) is 0 Å². The van der Waals surface area contributed by atoms with Crippen molar-refractivity contribution in [2.45, 2.75) is 12.5 Å². The summed E-state index contributed by atoms with van der Waals surface area (Å²) in [6.07, 6.45) is 1.44. The summed E-state index contributed by atoms with van der Waals surface area (Å²) >= 11 is 5.84. The number of nitrogens with two attached hydrogens (primary N) is 1. The molecule has 0 saturated heterocycles. The highest BCUT2D eigenvalue weighted by atomic mass is 35.5. The van der Waals surface area contributed by atoms with Crippen molar-refractivity contribution in [2.24, 2.45) is 5.73 Å². The Morgan fingerprint density at radius 1 is 1.22 bits per heavy atom. The second kappa shape index (κ2) is 5.42. The number of benzene rings is 1. The lowest BCUT2D eigenvalue weighted by Crippen LogP contribution is -2.15. The largest absolute Gasteiger partial charge is 0.322 e. The molecule has 0 radical (unpaired) electrons. The van der Waals surface area contributed by atoms with Crippen LogP contribution >= 0.6 is 11.6 Å². The first-order valence-electron chi connectivity index (χ1n) is 5.38. The quantitative estimate of drug-likeness (QED) is 0.928. The Morgan fingerprint density at radius 2 is 2.00 bits per heavy atom. The average molecular weight is 269 g/mol. The number of aromatic nitrogens is 1. The van der Waals surface area contributed by atoms with Gasteiger partial charge in [-0.05, 0) is 30.2 Å². The third-order valence-corrected chi connectivity index (χ3v) is 3.02. The maximum absolute atomic E-state index is 13.2. The zero-order chi connectivity index (χ0) is 13.1. The third kappa shape index (κ3) is 2.83. The van der Waals surface area contributed by atoms with Crippen LogP contribution < -0.4 is 5.73 Å². The second-order valence-corrected chi connectivity index (χ2v) is 4.30. The summed E-state index contributed by atoms with van der Waals surface area (Å²) in [4.78, 5) is 3.89. The molecule has 2 N–H and O–H groups in total. The monoisotopic (exact) mass is 268 g/mol. The van der Waals surface area contributed by atoms with Crippen LogP contribution in [-0.4, -0.2) is 4.98 Å². The van der Waals surface area contributed by atoms with E-state index in [0.717, 1.165) is 6.20 Å². The van der Waals surface area contributed by atoms with Crippen LogP contribution in [0, 0.1) is 11.6 Å². The van der Waals surface area contributed by atoms with Crippen LogP contribution in [0.25, 0.3) is 0 Å². The Hall–Kier alpha value is -1.52. The SMILES string of the molecule is NC(Cc1cccc(F)c1Cl)c1ccc(F)cn1. The molecule has 1 aromatic carbocycles. The van der Waals surface area contributed by atoms with Crippen molar-refractivity contribution in [2.75, 3.05) is 0 Å². The van der Waals surface area contributed by atoms with Gasteiger partial charge in [0, 0.05) is 0 Å². The smallest absolute Gasteiger partial charge is 0.142 e. The topological polar surface area (TPSA) is 38.9 Å². The Balaban J connectivity index is 2.18. The van der Waals surface area contributed by atoms with Crippen molar-refractivity contribution >= 4 is 11.6 Å². The van der Waals surface area contributed by atoms with E-state index in [0.29, 0.717) is 17.7 Å². The van der Waals surface area contributed by atoms with Crippen molar-refractivity contribution < 1.29 is 8.78 Å². The predicted molar refractivity (Wildman–Crippen MR) is 66.2 cm³/mol. The molecule has 1 aromatic heterocycles. The number of hydrogen-bond acceptors (Lipinski definition) is 2. The third-order valence-electron chi connectivity index (χ3n) is 2.60. The van der Waals surface area contributed by atoms with Gasteiger partial charge in [-0.25, -0.2) is 8.78 Å². The molecular weight excluding hydrogens is 258 g/mol. The van der Waals surface area contributed by atoms with Gasteiger partial charge in [-0.3, -0.25) is 4.98 Å². The summed E-state index contributed by atoms with van der Waals surface area (Å²) in [6, 6.07) is 6.90. The van der Waals surface area contributed by atoms with Gasteiger partial charge in [-0.2, -0.15) is 0 Å². The highest BCUT2D eigenvalue weighted by molar-refractivity contribution is 6.31. The molecule has 0 aliphatic rings. The molecule has 0 saturated carbocycles. The molecular formula is C13H11ClF2N2. The summed E-state index contributed by atoms with van der Waals surface area (Å²) in [5, 5.41) is 0.0649. The van der Waals surface area contributed by atoms with Crippen molar-refractivity contribution in [3.05, 3.63) is 64.4 Å². The molecule has 1 heterocycles. The van der Waals surface area contributed by atoms with Crippen molar-refractivity contribution in [3.8, 4) is 0 Å². The minimum absolute atomic E-state index is 0.0649. The molecule has 94 valence electrons. The Labute approximate surface area is 108 Å². The van der Waals surface area contributed by atoms with Gasteiger partial charge < -0.3 is 5.73 Å². The molecule has 5 heteroatoms. The van der Waals surface area contributed by atoms with Crippen molar-refractivity contribution in [3.63, 3.8) is 0 Å².